The highest BCUT2D eigenvalue weighted by Gasteiger charge is 2.33. The van der Waals surface area contributed by atoms with Gasteiger partial charge < -0.3 is 24.8 Å². The number of carbonyl (C=O) groups is 2. The van der Waals surface area contributed by atoms with Gasteiger partial charge in [-0.25, -0.2) is 18.4 Å². The fourth-order valence-electron chi connectivity index (χ4n) is 8.13. The molecule has 23 heteroatoms. The molecule has 388 valence electrons. The number of rotatable bonds is 10. The second-order valence-corrected chi connectivity index (χ2v) is 21.3. The van der Waals surface area contributed by atoms with Gasteiger partial charge in [-0.05, 0) is 203 Å². The number of hydroxylamine groups is 1. The van der Waals surface area contributed by atoms with Crippen molar-refractivity contribution in [2.45, 2.75) is 54.3 Å². The molecular formula is C51H47Cl6F2N9O6. The minimum Gasteiger partial charge on any atom is -0.392 e. The molecule has 1 aliphatic rings. The van der Waals surface area contributed by atoms with Gasteiger partial charge in [0, 0.05) is 79.4 Å². The van der Waals surface area contributed by atoms with Gasteiger partial charge in [-0.2, -0.15) is 15.3 Å². The Kier molecular flexibility index (Phi) is 18.3. The maximum Gasteiger partial charge on any atom is 0.515 e. The number of aliphatic hydroxyl groups excluding tert-OH is 1. The topological polar surface area (TPSA) is 173 Å². The van der Waals surface area contributed by atoms with E-state index in [1.54, 1.807) is 52.3 Å². The lowest BCUT2D eigenvalue weighted by molar-refractivity contribution is 0.0508. The lowest BCUT2D eigenvalue weighted by Crippen LogP contribution is -2.40. The average molecular weight is 1130 g/mol. The highest BCUT2D eigenvalue weighted by molar-refractivity contribution is 6.67. The number of urea groups is 1. The van der Waals surface area contributed by atoms with Gasteiger partial charge >= 0.3 is 20.1 Å². The van der Waals surface area contributed by atoms with E-state index in [9.17, 15) is 28.7 Å². The van der Waals surface area contributed by atoms with Gasteiger partial charge in [-0.3, -0.25) is 24.5 Å². The lowest BCUT2D eigenvalue weighted by Gasteiger charge is -2.24. The number of aliphatic hydroxyl groups is 1. The summed E-state index contributed by atoms with van der Waals surface area (Å²) in [5, 5.41) is 36.2. The molecule has 0 saturated heterocycles. The van der Waals surface area contributed by atoms with Crippen molar-refractivity contribution >= 4 is 109 Å². The van der Waals surface area contributed by atoms with Crippen molar-refractivity contribution in [3.05, 3.63) is 160 Å². The van der Waals surface area contributed by atoms with E-state index in [0.29, 0.717) is 30.3 Å². The fourth-order valence-corrected chi connectivity index (χ4v) is 8.51. The molecule has 2 amide bonds. The Morgan fingerprint density at radius 1 is 0.716 bits per heavy atom. The Bertz CT molecular complexity index is 3260. The molecule has 74 heavy (non-hydrogen) atoms. The number of halogens is 8. The van der Waals surface area contributed by atoms with Gasteiger partial charge in [-0.15, -0.1) is 0 Å². The summed E-state index contributed by atoms with van der Waals surface area (Å²) >= 11 is 30.2. The van der Waals surface area contributed by atoms with Gasteiger partial charge in [0.2, 0.25) is 0 Å². The van der Waals surface area contributed by atoms with Crippen molar-refractivity contribution in [1.29, 1.82) is 0 Å². The molecule has 9 rings (SSSR count). The molecule has 15 nitrogen and oxygen atoms in total. The van der Waals surface area contributed by atoms with E-state index in [0.717, 1.165) is 96.5 Å². The van der Waals surface area contributed by atoms with Crippen LogP contribution >= 0.6 is 69.6 Å². The van der Waals surface area contributed by atoms with Crippen molar-refractivity contribution in [1.82, 2.24) is 39.7 Å². The largest absolute Gasteiger partial charge is 0.515 e. The number of ether oxygens (including phenoxy) is 2. The number of aryl methyl sites for hydroxylation is 4. The van der Waals surface area contributed by atoms with Crippen LogP contribution in [0.25, 0.3) is 44.3 Å². The Hall–Kier alpha value is -5.86. The second-order valence-electron chi connectivity index (χ2n) is 16.9. The van der Waals surface area contributed by atoms with E-state index in [1.165, 1.54) is 24.3 Å². The second kappa shape index (κ2) is 24.2. The molecule has 5 heterocycles. The maximum absolute atomic E-state index is 13.2. The van der Waals surface area contributed by atoms with Crippen molar-refractivity contribution in [2.24, 2.45) is 14.1 Å². The van der Waals surface area contributed by atoms with E-state index in [1.807, 2.05) is 69.0 Å². The van der Waals surface area contributed by atoms with Crippen LogP contribution in [-0.4, -0.2) is 78.0 Å². The summed E-state index contributed by atoms with van der Waals surface area (Å²) in [6, 6.07) is 27.9. The molecule has 0 saturated carbocycles. The number of nitrogens with zero attached hydrogens (tertiary/aromatic N) is 8. The van der Waals surface area contributed by atoms with Crippen molar-refractivity contribution in [2.75, 3.05) is 18.2 Å². The van der Waals surface area contributed by atoms with Crippen LogP contribution in [0, 0.1) is 25.5 Å². The van der Waals surface area contributed by atoms with E-state index in [-0.39, 0.29) is 24.8 Å². The number of pyridine rings is 2. The summed E-state index contributed by atoms with van der Waals surface area (Å²) in [5.74, 6) is -0.552. The number of fused-ring (bicyclic) bond motifs is 3. The minimum absolute atomic E-state index is 0.0158. The third kappa shape index (κ3) is 14.7. The molecule has 0 atom stereocenters. The van der Waals surface area contributed by atoms with Crippen LogP contribution in [0.4, 0.5) is 24.1 Å². The molecule has 0 spiro atoms. The van der Waals surface area contributed by atoms with Crippen LogP contribution in [0.3, 0.4) is 0 Å². The summed E-state index contributed by atoms with van der Waals surface area (Å²) in [6.07, 6.45) is 3.49. The first-order chi connectivity index (χ1) is 35.0. The van der Waals surface area contributed by atoms with Crippen molar-refractivity contribution in [3.8, 4) is 22.5 Å². The lowest BCUT2D eigenvalue weighted by atomic mass is 9.99. The number of aromatic nitrogens is 6. The average Bonchev–Trinajstić information content (AvgIpc) is 3.81. The number of amides is 2. The molecule has 0 unspecified atom stereocenters. The number of alkyl halides is 6. The van der Waals surface area contributed by atoms with Gasteiger partial charge in [0.05, 0.1) is 23.3 Å². The molecule has 0 aliphatic carbocycles. The summed E-state index contributed by atoms with van der Waals surface area (Å²) in [6.45, 7) is 6.02. The number of carbonyl (C=O) groups excluding carboxylic acids is 2. The highest BCUT2D eigenvalue weighted by atomic mass is 35.6. The van der Waals surface area contributed by atoms with Crippen molar-refractivity contribution < 1.29 is 38.2 Å². The molecule has 8 aromatic rings. The Balaban J connectivity index is 0.000000178. The Morgan fingerprint density at radius 3 is 1.74 bits per heavy atom. The molecule has 1 aliphatic heterocycles. The van der Waals surface area contributed by atoms with Crippen molar-refractivity contribution in [3.63, 3.8) is 0 Å². The quantitative estimate of drug-likeness (QED) is 0.0515. The number of benzene rings is 4. The molecule has 4 aromatic heterocycles. The molecule has 0 fully saturated rings. The van der Waals surface area contributed by atoms with E-state index in [2.05, 4.69) is 35.9 Å². The molecule has 4 aromatic carbocycles. The summed E-state index contributed by atoms with van der Waals surface area (Å²) in [7, 11) is 3.76. The zero-order valence-corrected chi connectivity index (χ0v) is 44.5. The van der Waals surface area contributed by atoms with Gasteiger partial charge in [-0.1, -0.05) is 24.3 Å². The van der Waals surface area contributed by atoms with Gasteiger partial charge in [0.15, 0.2) is 0 Å². The first-order valence-electron chi connectivity index (χ1n) is 22.5. The van der Waals surface area contributed by atoms with E-state index in [4.69, 9.17) is 74.7 Å². The normalized spacial score (nSPS) is 12.7. The Morgan fingerprint density at radius 2 is 1.23 bits per heavy atom. The molecular weight excluding hydrogens is 1090 g/mol. The maximum atomic E-state index is 13.2. The first kappa shape index (κ1) is 55.9. The summed E-state index contributed by atoms with van der Waals surface area (Å²) in [5.41, 5.74) is 12.5. The van der Waals surface area contributed by atoms with Crippen LogP contribution in [0.5, 0.6) is 0 Å². The van der Waals surface area contributed by atoms with Crippen LogP contribution in [0.15, 0.2) is 109 Å². The fraction of sp³-hybridized carbons (Fsp3) is 0.255. The zero-order valence-electron chi connectivity index (χ0n) is 40.0. The smallest absolute Gasteiger partial charge is 0.392 e. The third-order valence-electron chi connectivity index (χ3n) is 11.6. The Labute approximate surface area is 454 Å². The first-order valence-corrected chi connectivity index (χ1v) is 24.8. The van der Waals surface area contributed by atoms with Gasteiger partial charge in [0.25, 0.3) is 0 Å². The summed E-state index contributed by atoms with van der Waals surface area (Å²) in [4.78, 5) is 33.6. The van der Waals surface area contributed by atoms with Crippen LogP contribution < -0.4 is 10.4 Å². The molecule has 0 radical (unpaired) electrons. The van der Waals surface area contributed by atoms with Gasteiger partial charge in [0.1, 0.15) is 23.0 Å². The number of anilines is 1. The van der Waals surface area contributed by atoms with Crippen LogP contribution in [0.2, 0.25) is 0 Å². The van der Waals surface area contributed by atoms with E-state index >= 15 is 0 Å². The molecule has 0 bridgehead atoms. The van der Waals surface area contributed by atoms with Crippen LogP contribution in [-0.2, 0) is 56.1 Å². The number of nitrogens with one attached hydrogen (secondary N) is 1. The summed E-state index contributed by atoms with van der Waals surface area (Å²) < 4.78 is 33.4. The molecule has 3 N–H and O–H groups in total. The van der Waals surface area contributed by atoms with E-state index < -0.39 is 20.1 Å². The number of hydrogen-bond acceptors (Lipinski definition) is 11. The predicted molar refractivity (Wildman–Crippen MR) is 283 cm³/mol. The SMILES string of the molecule is Cc1cc(-c2nn(C)c3cc(CO)c(CCNCc4ccc(F)cc4)cc23)ccn1.Cc1cc(-c2nn(C)c3cc4c(cc23)CCN(Cc2ccc(F)cc2)C(=O)N4O)ccn1.O=C(OC(Cl)(Cl)Cl)OC(Cl)(Cl)Cl. The third-order valence-corrected chi connectivity index (χ3v) is 12.0. The number of hydrogen-bond donors (Lipinski definition) is 3. The van der Waals surface area contributed by atoms with Crippen LogP contribution in [0.1, 0.15) is 39.2 Å². The standard InChI is InChI=1S/C24H22FN5O2.C24H25FN4O.C3Cl6O3/c1-15-11-18(7-9-26-15)23-20-12-17-8-10-29(14-16-3-5-19(25)6-4-16)24(31)30(32)21(17)13-22(20)28(2)27-23;1-16-11-19(8-10-27-16)24-22-12-18(20(15-30)13-23(22)29(2)28-24)7-9-26-14-17-3-5-21(25)6-4-17;4-2(5,6)11-1(10)12-3(7,8)9/h3-7,9,11-13,32H,8,10,14H2,1-2H3;3-6,8,10-13,26,30H,7,9,14-15H2,1-2H3;. The zero-order chi connectivity index (χ0) is 53.5. The highest BCUT2D eigenvalue weighted by Crippen LogP contribution is 2.36. The monoisotopic (exact) mass is 1130 g/mol. The predicted octanol–water partition coefficient (Wildman–Crippen LogP) is 12.2. The minimum atomic E-state index is -2.24.